The van der Waals surface area contributed by atoms with Crippen LogP contribution in [0.2, 0.25) is 5.02 Å². The smallest absolute Gasteiger partial charge is 0.164 e. The Morgan fingerprint density at radius 3 is 2.37 bits per heavy atom. The van der Waals surface area contributed by atoms with E-state index in [4.69, 9.17) is 25.8 Å². The van der Waals surface area contributed by atoms with Gasteiger partial charge in [-0.05, 0) is 36.2 Å². The molecule has 0 N–H and O–H groups in total. The van der Waals surface area contributed by atoms with Gasteiger partial charge < -0.3 is 18.8 Å². The molecule has 0 bridgehead atoms. The fourth-order valence-corrected chi connectivity index (χ4v) is 4.47. The fourth-order valence-electron chi connectivity index (χ4n) is 4.28. The first-order valence-electron chi connectivity index (χ1n) is 10.1. The minimum Gasteiger partial charge on any atom is -0.496 e. The van der Waals surface area contributed by atoms with Crippen LogP contribution in [0.25, 0.3) is 0 Å². The molecule has 158 valence electrons. The lowest BCUT2D eigenvalue weighted by Crippen LogP contribution is -2.30. The number of rotatable bonds is 6. The highest BCUT2D eigenvalue weighted by Gasteiger charge is 2.31. The highest BCUT2D eigenvalue weighted by molar-refractivity contribution is 6.31. The summed E-state index contributed by atoms with van der Waals surface area (Å²) in [7, 11) is 4.99. The van der Waals surface area contributed by atoms with Crippen molar-refractivity contribution in [3.63, 3.8) is 0 Å². The molecule has 1 aromatic heterocycles. The Kier molecular flexibility index (Phi) is 6.21. The molecule has 6 heteroatoms. The van der Waals surface area contributed by atoms with Gasteiger partial charge in [-0.25, -0.2) is 0 Å². The van der Waals surface area contributed by atoms with E-state index in [1.54, 1.807) is 21.3 Å². The quantitative estimate of drug-likeness (QED) is 0.545. The summed E-state index contributed by atoms with van der Waals surface area (Å²) in [6, 6.07) is 16.3. The lowest BCUT2D eigenvalue weighted by atomic mass is 9.99. The molecule has 5 nitrogen and oxygen atoms in total. The molecule has 0 radical (unpaired) electrons. The van der Waals surface area contributed by atoms with E-state index in [1.807, 2.05) is 30.3 Å². The summed E-state index contributed by atoms with van der Waals surface area (Å²) in [4.78, 5) is 2.46. The second kappa shape index (κ2) is 9.02. The van der Waals surface area contributed by atoms with Gasteiger partial charge in [-0.3, -0.25) is 4.90 Å². The van der Waals surface area contributed by atoms with E-state index in [-0.39, 0.29) is 6.04 Å². The van der Waals surface area contributed by atoms with Crippen LogP contribution >= 0.6 is 11.6 Å². The summed E-state index contributed by atoms with van der Waals surface area (Å²) in [5.74, 6) is 2.12. The van der Waals surface area contributed by atoms with Crippen molar-refractivity contribution in [1.82, 2.24) is 9.47 Å². The van der Waals surface area contributed by atoms with E-state index in [2.05, 4.69) is 33.9 Å². The van der Waals surface area contributed by atoms with Gasteiger partial charge in [0.25, 0.3) is 0 Å². The third kappa shape index (κ3) is 3.87. The van der Waals surface area contributed by atoms with Gasteiger partial charge in [0.1, 0.15) is 5.75 Å². The summed E-state index contributed by atoms with van der Waals surface area (Å²) < 4.78 is 19.2. The van der Waals surface area contributed by atoms with Crippen LogP contribution < -0.4 is 14.2 Å². The van der Waals surface area contributed by atoms with E-state index < -0.39 is 0 Å². The Morgan fingerprint density at radius 1 is 0.900 bits per heavy atom. The van der Waals surface area contributed by atoms with Gasteiger partial charge in [-0.2, -0.15) is 0 Å². The summed E-state index contributed by atoms with van der Waals surface area (Å²) in [6.45, 7) is 2.66. The number of methoxy groups -OCH3 is 3. The first kappa shape index (κ1) is 20.6. The average molecular weight is 427 g/mol. The minimum atomic E-state index is -0.00599. The zero-order valence-corrected chi connectivity index (χ0v) is 18.4. The average Bonchev–Trinajstić information content (AvgIpc) is 3.16. The van der Waals surface area contributed by atoms with Crippen LogP contribution in [0.4, 0.5) is 0 Å². The van der Waals surface area contributed by atoms with Gasteiger partial charge in [0, 0.05) is 48.2 Å². The first-order valence-corrected chi connectivity index (χ1v) is 10.5. The van der Waals surface area contributed by atoms with Crippen molar-refractivity contribution in [2.24, 2.45) is 0 Å². The van der Waals surface area contributed by atoms with Gasteiger partial charge in [0.2, 0.25) is 0 Å². The largest absolute Gasteiger partial charge is 0.496 e. The Bertz CT molecular complexity index is 1020. The summed E-state index contributed by atoms with van der Waals surface area (Å²) in [5.41, 5.74) is 3.39. The van der Waals surface area contributed by atoms with Gasteiger partial charge in [-0.15, -0.1) is 0 Å². The van der Waals surface area contributed by atoms with E-state index in [1.165, 1.54) is 5.69 Å². The predicted octanol–water partition coefficient (Wildman–Crippen LogP) is 5.16. The van der Waals surface area contributed by atoms with Crippen molar-refractivity contribution in [3.05, 3.63) is 76.6 Å². The molecule has 0 amide bonds. The number of aryl methyl sites for hydroxylation is 1. The molecule has 2 aromatic carbocycles. The minimum absolute atomic E-state index is 0.00599. The maximum absolute atomic E-state index is 6.51. The molecular formula is C24H27ClN2O3. The third-order valence-corrected chi connectivity index (χ3v) is 6.08. The molecule has 3 aromatic rings. The van der Waals surface area contributed by atoms with Gasteiger partial charge in [0.15, 0.2) is 11.5 Å². The molecule has 4 rings (SSSR count). The molecule has 0 aliphatic carbocycles. The first-order chi connectivity index (χ1) is 14.7. The maximum Gasteiger partial charge on any atom is 0.164 e. The molecule has 1 aliphatic rings. The van der Waals surface area contributed by atoms with Crippen LogP contribution in [0.3, 0.4) is 0 Å². The normalized spacial score (nSPS) is 16.6. The summed E-state index contributed by atoms with van der Waals surface area (Å²) in [6.07, 6.45) is 3.20. The number of aromatic nitrogens is 1. The zero-order chi connectivity index (χ0) is 21.1. The molecule has 0 saturated carbocycles. The van der Waals surface area contributed by atoms with Crippen LogP contribution in [0.1, 0.15) is 29.3 Å². The highest BCUT2D eigenvalue weighted by atomic mass is 35.5. The SMILES string of the molecule is COc1cc(OC)c(C2c3cccn3CCCN2Cc2ccccc2Cl)cc1OC. The van der Waals surface area contributed by atoms with Crippen LogP contribution in [0.15, 0.2) is 54.7 Å². The molecule has 2 heterocycles. The van der Waals surface area contributed by atoms with Gasteiger partial charge in [-0.1, -0.05) is 29.8 Å². The topological polar surface area (TPSA) is 35.9 Å². The molecule has 30 heavy (non-hydrogen) atoms. The Morgan fingerprint density at radius 2 is 1.63 bits per heavy atom. The monoisotopic (exact) mass is 426 g/mol. The predicted molar refractivity (Wildman–Crippen MR) is 119 cm³/mol. The number of nitrogens with zero attached hydrogens (tertiary/aromatic N) is 2. The van der Waals surface area contributed by atoms with Crippen LogP contribution in [-0.4, -0.2) is 37.3 Å². The van der Waals surface area contributed by atoms with Crippen LogP contribution in [0.5, 0.6) is 17.2 Å². The summed E-state index contributed by atoms with van der Waals surface area (Å²) >= 11 is 6.51. The fraction of sp³-hybridized carbons (Fsp3) is 0.333. The number of fused-ring (bicyclic) bond motifs is 1. The zero-order valence-electron chi connectivity index (χ0n) is 17.6. The van der Waals surface area contributed by atoms with Crippen molar-refractivity contribution in [1.29, 1.82) is 0 Å². The van der Waals surface area contributed by atoms with E-state index in [0.717, 1.165) is 48.0 Å². The van der Waals surface area contributed by atoms with Gasteiger partial charge in [0.05, 0.1) is 27.4 Å². The Labute approximate surface area is 182 Å². The molecule has 1 aliphatic heterocycles. The van der Waals surface area contributed by atoms with E-state index in [9.17, 15) is 0 Å². The Balaban J connectivity index is 1.85. The second-order valence-electron chi connectivity index (χ2n) is 7.39. The number of halogens is 1. The number of benzene rings is 2. The van der Waals surface area contributed by atoms with Crippen LogP contribution in [-0.2, 0) is 13.1 Å². The standard InChI is InChI=1S/C24H27ClN2O3/c1-28-21-15-23(30-3)22(29-2)14-18(21)24-20-10-6-11-26(20)12-7-13-27(24)16-17-8-4-5-9-19(17)25/h4-6,8-11,14-15,24H,7,12-13,16H2,1-3H3. The number of ether oxygens (including phenoxy) is 3. The lowest BCUT2D eigenvalue weighted by Gasteiger charge is -2.32. The van der Waals surface area contributed by atoms with E-state index >= 15 is 0 Å². The highest BCUT2D eigenvalue weighted by Crippen LogP contribution is 2.43. The molecular weight excluding hydrogens is 400 g/mol. The molecule has 1 unspecified atom stereocenters. The Hall–Kier alpha value is -2.63. The summed E-state index contributed by atoms with van der Waals surface area (Å²) in [5, 5.41) is 0.787. The number of hydrogen-bond donors (Lipinski definition) is 0. The van der Waals surface area contributed by atoms with Crippen molar-refractivity contribution < 1.29 is 14.2 Å². The van der Waals surface area contributed by atoms with Crippen molar-refractivity contribution >= 4 is 11.6 Å². The molecule has 0 spiro atoms. The molecule has 1 atom stereocenters. The second-order valence-corrected chi connectivity index (χ2v) is 7.80. The third-order valence-electron chi connectivity index (χ3n) is 5.72. The van der Waals surface area contributed by atoms with E-state index in [0.29, 0.717) is 11.5 Å². The lowest BCUT2D eigenvalue weighted by molar-refractivity contribution is 0.215. The molecule has 0 saturated heterocycles. The van der Waals surface area contributed by atoms with Crippen molar-refractivity contribution in [3.8, 4) is 17.2 Å². The maximum atomic E-state index is 6.51. The number of hydrogen-bond acceptors (Lipinski definition) is 4. The van der Waals surface area contributed by atoms with Crippen molar-refractivity contribution in [2.75, 3.05) is 27.9 Å². The van der Waals surface area contributed by atoms with Crippen LogP contribution in [0, 0.1) is 0 Å². The molecule has 0 fully saturated rings. The van der Waals surface area contributed by atoms with Gasteiger partial charge >= 0.3 is 0 Å². The van der Waals surface area contributed by atoms with Crippen molar-refractivity contribution in [2.45, 2.75) is 25.6 Å².